The van der Waals surface area contributed by atoms with Gasteiger partial charge in [-0.05, 0) is 66.1 Å². The first kappa shape index (κ1) is 18.7. The molecule has 0 aliphatic carbocycles. The average molecular weight is 329 g/mol. The first-order valence-electron chi connectivity index (χ1n) is 7.71. The third-order valence-corrected chi connectivity index (χ3v) is 3.38. The van der Waals surface area contributed by atoms with E-state index in [-0.39, 0.29) is 11.9 Å². The predicted octanol–water partition coefficient (Wildman–Crippen LogP) is 2.18. The van der Waals surface area contributed by atoms with Crippen LogP contribution in [0.4, 0.5) is 4.79 Å². The number of hydrogen-bond acceptors (Lipinski definition) is 4. The van der Waals surface area contributed by atoms with Gasteiger partial charge in [0.1, 0.15) is 11.6 Å². The molecule has 1 saturated heterocycles. The SMILES string of the molecule is CC(C)NC(=S)N1CCCC[C@H](NC(=O)OC(C)(C)C)C1=O. The molecule has 126 valence electrons. The zero-order valence-corrected chi connectivity index (χ0v) is 14.9. The number of amides is 2. The van der Waals surface area contributed by atoms with E-state index in [1.54, 1.807) is 25.7 Å². The van der Waals surface area contributed by atoms with E-state index in [9.17, 15) is 9.59 Å². The molecule has 1 fully saturated rings. The highest BCUT2D eigenvalue weighted by molar-refractivity contribution is 7.80. The molecule has 1 aliphatic heterocycles. The molecule has 0 saturated carbocycles. The summed E-state index contributed by atoms with van der Waals surface area (Å²) in [5.74, 6) is -0.179. The molecule has 2 amide bonds. The Labute approximate surface area is 137 Å². The summed E-state index contributed by atoms with van der Waals surface area (Å²) in [6.45, 7) is 9.86. The van der Waals surface area contributed by atoms with Gasteiger partial charge in [-0.2, -0.15) is 0 Å². The molecular formula is C15H27N3O3S. The lowest BCUT2D eigenvalue weighted by molar-refractivity contribution is -0.129. The summed E-state index contributed by atoms with van der Waals surface area (Å²) in [6.07, 6.45) is 1.74. The highest BCUT2D eigenvalue weighted by Gasteiger charge is 2.31. The second-order valence-electron chi connectivity index (χ2n) is 6.79. The van der Waals surface area contributed by atoms with Crippen LogP contribution in [0.25, 0.3) is 0 Å². The van der Waals surface area contributed by atoms with Crippen molar-refractivity contribution in [3.05, 3.63) is 0 Å². The van der Waals surface area contributed by atoms with Gasteiger partial charge in [0.25, 0.3) is 5.91 Å². The standard InChI is InChI=1S/C15H27N3O3S/c1-10(2)16-13(22)18-9-7-6-8-11(12(18)19)17-14(20)21-15(3,4)5/h10-11H,6-9H2,1-5H3,(H,16,22)(H,17,20)/t11-/m0/s1. The van der Waals surface area contributed by atoms with Crippen molar-refractivity contribution < 1.29 is 14.3 Å². The van der Waals surface area contributed by atoms with Crippen LogP contribution in [-0.4, -0.2) is 46.2 Å². The van der Waals surface area contributed by atoms with E-state index in [1.165, 1.54) is 0 Å². The molecule has 0 aromatic carbocycles. The third kappa shape index (κ3) is 6.17. The fourth-order valence-electron chi connectivity index (χ4n) is 2.15. The summed E-state index contributed by atoms with van der Waals surface area (Å²) in [7, 11) is 0. The van der Waals surface area contributed by atoms with Gasteiger partial charge < -0.3 is 15.4 Å². The second kappa shape index (κ2) is 7.76. The number of nitrogens with zero attached hydrogens (tertiary/aromatic N) is 1. The molecular weight excluding hydrogens is 302 g/mol. The minimum atomic E-state index is -0.593. The zero-order valence-electron chi connectivity index (χ0n) is 14.1. The predicted molar refractivity (Wildman–Crippen MR) is 89.6 cm³/mol. The molecule has 0 unspecified atom stereocenters. The van der Waals surface area contributed by atoms with Crippen molar-refractivity contribution in [3.63, 3.8) is 0 Å². The van der Waals surface area contributed by atoms with Crippen LogP contribution in [0.1, 0.15) is 53.9 Å². The number of ether oxygens (including phenoxy) is 1. The lowest BCUT2D eigenvalue weighted by Gasteiger charge is -2.27. The van der Waals surface area contributed by atoms with Crippen molar-refractivity contribution in [2.45, 2.75) is 71.6 Å². The normalized spacial score (nSPS) is 19.6. The Hall–Kier alpha value is -1.37. The topological polar surface area (TPSA) is 70.7 Å². The molecule has 1 rings (SSSR count). The lowest BCUT2D eigenvalue weighted by Crippen LogP contribution is -2.53. The van der Waals surface area contributed by atoms with Gasteiger partial charge in [0.15, 0.2) is 5.11 Å². The van der Waals surface area contributed by atoms with E-state index in [4.69, 9.17) is 17.0 Å². The molecule has 0 spiro atoms. The fourth-order valence-corrected chi connectivity index (χ4v) is 2.57. The Kier molecular flexibility index (Phi) is 6.59. The largest absolute Gasteiger partial charge is 0.444 e. The summed E-state index contributed by atoms with van der Waals surface area (Å²) >= 11 is 5.29. The minimum absolute atomic E-state index is 0.154. The van der Waals surface area contributed by atoms with Gasteiger partial charge in [-0.25, -0.2) is 4.79 Å². The van der Waals surface area contributed by atoms with Crippen LogP contribution in [0.3, 0.4) is 0 Å². The van der Waals surface area contributed by atoms with Gasteiger partial charge >= 0.3 is 6.09 Å². The Morgan fingerprint density at radius 3 is 2.55 bits per heavy atom. The first-order valence-corrected chi connectivity index (χ1v) is 8.12. The number of hydrogen-bond donors (Lipinski definition) is 2. The van der Waals surface area contributed by atoms with Gasteiger partial charge in [0.05, 0.1) is 0 Å². The zero-order chi connectivity index (χ0) is 16.9. The summed E-state index contributed by atoms with van der Waals surface area (Å²) in [6, 6.07) is -0.440. The molecule has 0 bridgehead atoms. The molecule has 22 heavy (non-hydrogen) atoms. The Morgan fingerprint density at radius 2 is 2.00 bits per heavy atom. The van der Waals surface area contributed by atoms with Crippen molar-refractivity contribution in [1.29, 1.82) is 0 Å². The van der Waals surface area contributed by atoms with Crippen molar-refractivity contribution >= 4 is 29.3 Å². The smallest absolute Gasteiger partial charge is 0.408 e. The van der Waals surface area contributed by atoms with Crippen LogP contribution in [0, 0.1) is 0 Å². The van der Waals surface area contributed by atoms with Crippen molar-refractivity contribution in [3.8, 4) is 0 Å². The van der Waals surface area contributed by atoms with Crippen LogP contribution in [0.5, 0.6) is 0 Å². The molecule has 0 aromatic heterocycles. The van der Waals surface area contributed by atoms with E-state index in [1.807, 2.05) is 13.8 Å². The molecule has 0 aromatic rings. The molecule has 1 aliphatic rings. The summed E-state index contributed by atoms with van der Waals surface area (Å²) in [5.41, 5.74) is -0.591. The summed E-state index contributed by atoms with van der Waals surface area (Å²) in [5, 5.41) is 6.15. The van der Waals surface area contributed by atoms with Gasteiger partial charge in [0, 0.05) is 12.6 Å². The number of rotatable bonds is 2. The molecule has 1 atom stereocenters. The van der Waals surface area contributed by atoms with E-state index in [0.29, 0.717) is 18.1 Å². The van der Waals surface area contributed by atoms with Gasteiger partial charge in [-0.1, -0.05) is 0 Å². The quantitative estimate of drug-likeness (QED) is 0.760. The molecule has 0 radical (unpaired) electrons. The molecule has 6 nitrogen and oxygen atoms in total. The fraction of sp³-hybridized carbons (Fsp3) is 0.800. The monoisotopic (exact) mass is 329 g/mol. The summed E-state index contributed by atoms with van der Waals surface area (Å²) in [4.78, 5) is 26.0. The maximum atomic E-state index is 12.6. The van der Waals surface area contributed by atoms with Crippen molar-refractivity contribution in [2.75, 3.05) is 6.54 Å². The maximum absolute atomic E-state index is 12.6. The van der Waals surface area contributed by atoms with E-state index in [0.717, 1.165) is 12.8 Å². The van der Waals surface area contributed by atoms with Crippen LogP contribution < -0.4 is 10.6 Å². The molecule has 2 N–H and O–H groups in total. The Bertz CT molecular complexity index is 432. The Balaban J connectivity index is 2.72. The second-order valence-corrected chi connectivity index (χ2v) is 7.18. The number of nitrogens with one attached hydrogen (secondary N) is 2. The lowest BCUT2D eigenvalue weighted by atomic mass is 10.1. The minimum Gasteiger partial charge on any atom is -0.444 e. The van der Waals surface area contributed by atoms with E-state index < -0.39 is 17.7 Å². The number of carbonyl (C=O) groups is 2. The third-order valence-electron chi connectivity index (χ3n) is 3.04. The van der Waals surface area contributed by atoms with E-state index in [2.05, 4.69) is 10.6 Å². The highest BCUT2D eigenvalue weighted by atomic mass is 32.1. The van der Waals surface area contributed by atoms with Gasteiger partial charge in [0.2, 0.25) is 0 Å². The van der Waals surface area contributed by atoms with E-state index >= 15 is 0 Å². The highest BCUT2D eigenvalue weighted by Crippen LogP contribution is 2.14. The number of thiocarbonyl (C=S) groups is 1. The maximum Gasteiger partial charge on any atom is 0.408 e. The molecule has 7 heteroatoms. The number of alkyl carbamates (subject to hydrolysis) is 1. The number of carbonyl (C=O) groups excluding carboxylic acids is 2. The van der Waals surface area contributed by atoms with Crippen molar-refractivity contribution in [1.82, 2.24) is 15.5 Å². The van der Waals surface area contributed by atoms with Crippen LogP contribution in [-0.2, 0) is 9.53 Å². The average Bonchev–Trinajstić information content (AvgIpc) is 2.49. The van der Waals surface area contributed by atoms with Crippen LogP contribution in [0.2, 0.25) is 0 Å². The first-order chi connectivity index (χ1) is 10.1. The van der Waals surface area contributed by atoms with Crippen LogP contribution >= 0.6 is 12.2 Å². The number of likely N-dealkylation sites (tertiary alicyclic amines) is 1. The Morgan fingerprint density at radius 1 is 1.36 bits per heavy atom. The molecule has 1 heterocycles. The van der Waals surface area contributed by atoms with Gasteiger partial charge in [-0.3, -0.25) is 9.69 Å². The van der Waals surface area contributed by atoms with Crippen molar-refractivity contribution in [2.24, 2.45) is 0 Å². The summed E-state index contributed by atoms with van der Waals surface area (Å²) < 4.78 is 5.22. The van der Waals surface area contributed by atoms with Crippen LogP contribution in [0.15, 0.2) is 0 Å². The van der Waals surface area contributed by atoms with Gasteiger partial charge in [-0.15, -0.1) is 0 Å².